The van der Waals surface area contributed by atoms with Crippen molar-refractivity contribution in [3.63, 3.8) is 0 Å². The van der Waals surface area contributed by atoms with E-state index in [4.69, 9.17) is 14.2 Å². The van der Waals surface area contributed by atoms with Gasteiger partial charge in [-0.2, -0.15) is 0 Å². The molecule has 84 valence electrons. The Morgan fingerprint density at radius 2 is 1.79 bits per heavy atom. The molecule has 0 aliphatic heterocycles. The molecule has 0 fully saturated rings. The maximum absolute atomic E-state index is 10.8. The Labute approximate surface area is 85.5 Å². The maximum Gasteiger partial charge on any atom is 0.158 e. The molecule has 0 aromatic rings. The van der Waals surface area contributed by atoms with Crippen LogP contribution in [0.15, 0.2) is 0 Å². The van der Waals surface area contributed by atoms with Crippen LogP contribution < -0.4 is 0 Å². The number of hydrogen-bond acceptors (Lipinski definition) is 4. The van der Waals surface area contributed by atoms with Gasteiger partial charge in [-0.15, -0.1) is 0 Å². The van der Waals surface area contributed by atoms with Crippen molar-refractivity contribution in [1.82, 2.24) is 0 Å². The Morgan fingerprint density at radius 3 is 2.43 bits per heavy atom. The van der Waals surface area contributed by atoms with E-state index >= 15 is 0 Å². The van der Waals surface area contributed by atoms with E-state index in [1.807, 2.05) is 6.92 Å². The summed E-state index contributed by atoms with van der Waals surface area (Å²) in [5.74, 6) is 0.144. The third-order valence-corrected chi connectivity index (χ3v) is 1.67. The van der Waals surface area contributed by atoms with Crippen LogP contribution in [0.4, 0.5) is 0 Å². The lowest BCUT2D eigenvalue weighted by atomic mass is 10.3. The largest absolute Gasteiger partial charge is 0.382 e. The van der Waals surface area contributed by atoms with Crippen molar-refractivity contribution < 1.29 is 19.0 Å². The third-order valence-electron chi connectivity index (χ3n) is 1.67. The van der Waals surface area contributed by atoms with Gasteiger partial charge in [-0.3, -0.25) is 4.79 Å². The smallest absolute Gasteiger partial charge is 0.158 e. The minimum Gasteiger partial charge on any atom is -0.382 e. The number of carbonyl (C=O) groups excluding carboxylic acids is 1. The molecule has 0 radical (unpaired) electrons. The monoisotopic (exact) mass is 204 g/mol. The van der Waals surface area contributed by atoms with Crippen LogP contribution in [0.2, 0.25) is 0 Å². The molecule has 0 rings (SSSR count). The van der Waals surface area contributed by atoms with E-state index < -0.39 is 0 Å². The third kappa shape index (κ3) is 9.64. The van der Waals surface area contributed by atoms with Crippen LogP contribution in [0.1, 0.15) is 19.8 Å². The molecule has 0 atom stereocenters. The van der Waals surface area contributed by atoms with E-state index in [0.29, 0.717) is 32.8 Å². The standard InChI is InChI=1S/C10H20O4/c1-3-10(11)9-14-6-4-5-13-8-7-12-2/h3-9H2,1-2H3. The molecule has 0 unspecified atom stereocenters. The van der Waals surface area contributed by atoms with Gasteiger partial charge < -0.3 is 14.2 Å². The second-order valence-corrected chi connectivity index (χ2v) is 2.90. The zero-order valence-corrected chi connectivity index (χ0v) is 9.08. The van der Waals surface area contributed by atoms with Gasteiger partial charge in [0.05, 0.1) is 13.2 Å². The van der Waals surface area contributed by atoms with Crippen LogP contribution >= 0.6 is 0 Å². The zero-order valence-electron chi connectivity index (χ0n) is 9.08. The van der Waals surface area contributed by atoms with Crippen LogP contribution in [-0.2, 0) is 19.0 Å². The Balaban J connectivity index is 2.95. The predicted molar refractivity (Wildman–Crippen MR) is 53.4 cm³/mol. The van der Waals surface area contributed by atoms with Crippen molar-refractivity contribution in [3.05, 3.63) is 0 Å². The zero-order chi connectivity index (χ0) is 10.6. The highest BCUT2D eigenvalue weighted by atomic mass is 16.5. The number of carbonyl (C=O) groups is 1. The summed E-state index contributed by atoms with van der Waals surface area (Å²) >= 11 is 0. The number of ether oxygens (including phenoxy) is 3. The average Bonchev–Trinajstić information content (AvgIpc) is 2.21. The first-order valence-corrected chi connectivity index (χ1v) is 4.97. The van der Waals surface area contributed by atoms with Crippen molar-refractivity contribution >= 4 is 5.78 Å². The summed E-state index contributed by atoms with van der Waals surface area (Å²) in [6.07, 6.45) is 1.37. The average molecular weight is 204 g/mol. The molecule has 4 nitrogen and oxygen atoms in total. The summed E-state index contributed by atoms with van der Waals surface area (Å²) in [6, 6.07) is 0. The van der Waals surface area contributed by atoms with Crippen molar-refractivity contribution in [1.29, 1.82) is 0 Å². The lowest BCUT2D eigenvalue weighted by molar-refractivity contribution is -0.123. The van der Waals surface area contributed by atoms with E-state index in [1.54, 1.807) is 7.11 Å². The number of rotatable bonds is 10. The first kappa shape index (κ1) is 13.5. The quantitative estimate of drug-likeness (QED) is 0.499. The minimum absolute atomic E-state index is 0.144. The summed E-state index contributed by atoms with van der Waals surface area (Å²) < 4.78 is 15.2. The van der Waals surface area contributed by atoms with Crippen LogP contribution in [0.5, 0.6) is 0 Å². The molecular formula is C10H20O4. The van der Waals surface area contributed by atoms with Gasteiger partial charge in [0.1, 0.15) is 6.61 Å². The Hall–Kier alpha value is -0.450. The lowest BCUT2D eigenvalue weighted by Crippen LogP contribution is -2.10. The highest BCUT2D eigenvalue weighted by Gasteiger charge is 1.97. The molecule has 0 N–H and O–H groups in total. The van der Waals surface area contributed by atoms with Gasteiger partial charge in [0.15, 0.2) is 5.78 Å². The highest BCUT2D eigenvalue weighted by Crippen LogP contribution is 1.88. The molecule has 4 heteroatoms. The van der Waals surface area contributed by atoms with Gasteiger partial charge in [0.2, 0.25) is 0 Å². The van der Waals surface area contributed by atoms with Gasteiger partial charge in [0, 0.05) is 26.7 Å². The Morgan fingerprint density at radius 1 is 1.07 bits per heavy atom. The molecule has 0 aromatic carbocycles. The second-order valence-electron chi connectivity index (χ2n) is 2.90. The van der Waals surface area contributed by atoms with Gasteiger partial charge in [-0.25, -0.2) is 0 Å². The molecule has 0 saturated heterocycles. The molecule has 0 spiro atoms. The van der Waals surface area contributed by atoms with Crippen LogP contribution in [0, 0.1) is 0 Å². The predicted octanol–water partition coefficient (Wildman–Crippen LogP) is 1.04. The van der Waals surface area contributed by atoms with Crippen molar-refractivity contribution in [3.8, 4) is 0 Å². The van der Waals surface area contributed by atoms with E-state index in [1.165, 1.54) is 0 Å². The van der Waals surface area contributed by atoms with Crippen LogP contribution in [-0.4, -0.2) is 45.9 Å². The van der Waals surface area contributed by atoms with Gasteiger partial charge in [-0.05, 0) is 6.42 Å². The van der Waals surface area contributed by atoms with Crippen molar-refractivity contribution in [2.24, 2.45) is 0 Å². The topological polar surface area (TPSA) is 44.8 Å². The van der Waals surface area contributed by atoms with E-state index in [0.717, 1.165) is 6.42 Å². The number of ketones is 1. The molecule has 0 aromatic heterocycles. The van der Waals surface area contributed by atoms with Crippen LogP contribution in [0.25, 0.3) is 0 Å². The van der Waals surface area contributed by atoms with Gasteiger partial charge in [0.25, 0.3) is 0 Å². The fourth-order valence-corrected chi connectivity index (χ4v) is 0.795. The molecular weight excluding hydrogens is 184 g/mol. The SMILES string of the molecule is CCC(=O)COCCCOCCOC. The number of Topliss-reactive ketones (excluding diaryl/α,β-unsaturated/α-hetero) is 1. The fraction of sp³-hybridized carbons (Fsp3) is 0.900. The second kappa shape index (κ2) is 10.6. The first-order valence-electron chi connectivity index (χ1n) is 4.97. The van der Waals surface area contributed by atoms with Gasteiger partial charge >= 0.3 is 0 Å². The minimum atomic E-state index is 0.144. The molecule has 0 aliphatic carbocycles. The number of hydrogen-bond donors (Lipinski definition) is 0. The Bertz CT molecular complexity index is 136. The summed E-state index contributed by atoms with van der Waals surface area (Å²) in [6.45, 7) is 4.54. The lowest BCUT2D eigenvalue weighted by Gasteiger charge is -2.04. The van der Waals surface area contributed by atoms with E-state index in [-0.39, 0.29) is 12.4 Å². The van der Waals surface area contributed by atoms with Crippen LogP contribution in [0.3, 0.4) is 0 Å². The van der Waals surface area contributed by atoms with E-state index in [9.17, 15) is 4.79 Å². The maximum atomic E-state index is 10.8. The molecule has 0 heterocycles. The summed E-state index contributed by atoms with van der Waals surface area (Å²) in [5, 5.41) is 0. The molecule has 0 bridgehead atoms. The van der Waals surface area contributed by atoms with Crippen molar-refractivity contribution in [2.45, 2.75) is 19.8 Å². The summed E-state index contributed by atoms with van der Waals surface area (Å²) in [7, 11) is 1.64. The highest BCUT2D eigenvalue weighted by molar-refractivity contribution is 5.79. The summed E-state index contributed by atoms with van der Waals surface area (Å²) in [4.78, 5) is 10.8. The van der Waals surface area contributed by atoms with Gasteiger partial charge in [-0.1, -0.05) is 6.92 Å². The molecule has 0 saturated carbocycles. The fourth-order valence-electron chi connectivity index (χ4n) is 0.795. The van der Waals surface area contributed by atoms with Crippen molar-refractivity contribution in [2.75, 3.05) is 40.1 Å². The number of methoxy groups -OCH3 is 1. The Kier molecular flexibility index (Phi) is 10.3. The van der Waals surface area contributed by atoms with E-state index in [2.05, 4.69) is 0 Å². The first-order chi connectivity index (χ1) is 6.81. The summed E-state index contributed by atoms with van der Waals surface area (Å²) in [5.41, 5.74) is 0. The molecule has 0 amide bonds. The molecule has 14 heavy (non-hydrogen) atoms. The molecule has 0 aliphatic rings. The normalized spacial score (nSPS) is 10.4.